The van der Waals surface area contributed by atoms with E-state index in [1.54, 1.807) is 0 Å². The van der Waals surface area contributed by atoms with Gasteiger partial charge in [-0.25, -0.2) is 30.4 Å². The van der Waals surface area contributed by atoms with E-state index in [4.69, 9.17) is 0 Å². The number of benzene rings is 1. The second-order valence-electron chi connectivity index (χ2n) is 3.96. The fraction of sp³-hybridized carbons (Fsp3) is 0.333. The van der Waals surface area contributed by atoms with Crippen molar-refractivity contribution in [3.05, 3.63) is 40.6 Å². The van der Waals surface area contributed by atoms with Gasteiger partial charge in [0.15, 0.2) is 23.3 Å². The topological polar surface area (TPSA) is 34.1 Å². The highest BCUT2D eigenvalue weighted by atomic mass is 32.2. The molecule has 0 fully saturated rings. The Morgan fingerprint density at radius 2 is 1.35 bits per heavy atom. The van der Waals surface area contributed by atoms with Gasteiger partial charge in [-0.05, 0) is 6.42 Å². The normalized spacial score (nSPS) is 12.3. The van der Waals surface area contributed by atoms with Crippen LogP contribution in [0.1, 0.15) is 26.2 Å². The summed E-state index contributed by atoms with van der Waals surface area (Å²) in [6.07, 6.45) is 2.80. The number of hydrogen-bond donors (Lipinski definition) is 0. The van der Waals surface area contributed by atoms with Crippen molar-refractivity contribution >= 4 is 9.84 Å². The van der Waals surface area contributed by atoms with Crippen LogP contribution in [0.3, 0.4) is 0 Å². The fourth-order valence-corrected chi connectivity index (χ4v) is 2.62. The summed E-state index contributed by atoms with van der Waals surface area (Å²) in [5.74, 6) is -11.7. The Morgan fingerprint density at radius 1 is 0.900 bits per heavy atom. The van der Waals surface area contributed by atoms with Gasteiger partial charge in [-0.2, -0.15) is 0 Å². The molecule has 0 saturated carbocycles. The monoisotopic (exact) mass is 314 g/mol. The van der Waals surface area contributed by atoms with Crippen LogP contribution in [0.25, 0.3) is 0 Å². The van der Waals surface area contributed by atoms with Gasteiger partial charge in [0.25, 0.3) is 0 Å². The maximum absolute atomic E-state index is 13.3. The van der Waals surface area contributed by atoms with Gasteiger partial charge in [-0.15, -0.1) is 0 Å². The zero-order valence-corrected chi connectivity index (χ0v) is 11.2. The molecular weight excluding hydrogens is 303 g/mol. The molecule has 112 valence electrons. The maximum atomic E-state index is 13.3. The molecule has 0 aromatic heterocycles. The van der Waals surface area contributed by atoms with Crippen LogP contribution in [0.15, 0.2) is 16.4 Å². The molecule has 1 aromatic rings. The molecule has 0 bridgehead atoms. The Morgan fingerprint density at radius 3 is 1.80 bits per heavy atom. The van der Waals surface area contributed by atoms with Gasteiger partial charge in [-0.3, -0.25) is 0 Å². The van der Waals surface area contributed by atoms with Gasteiger partial charge in [0.1, 0.15) is 4.90 Å². The zero-order valence-electron chi connectivity index (χ0n) is 10.4. The summed E-state index contributed by atoms with van der Waals surface area (Å²) >= 11 is 0. The lowest BCUT2D eigenvalue weighted by Gasteiger charge is -2.06. The second kappa shape index (κ2) is 6.34. The van der Waals surface area contributed by atoms with Gasteiger partial charge in [0.05, 0.1) is 0 Å². The highest BCUT2D eigenvalue weighted by Crippen LogP contribution is 2.27. The molecule has 0 aliphatic heterocycles. The first-order valence-corrected chi connectivity index (χ1v) is 7.21. The number of allylic oxidation sites excluding steroid dienone is 1. The third kappa shape index (κ3) is 3.17. The lowest BCUT2D eigenvalue weighted by molar-refractivity contribution is 0.358. The SMILES string of the molecule is CCCC/C=C/S(=O)(=O)c1c(F)c(F)c(F)c(F)c1F. The van der Waals surface area contributed by atoms with E-state index < -0.39 is 43.8 Å². The summed E-state index contributed by atoms with van der Waals surface area (Å²) < 4.78 is 88.6. The summed E-state index contributed by atoms with van der Waals surface area (Å²) in [6.45, 7) is 1.84. The van der Waals surface area contributed by atoms with Crippen LogP contribution in [-0.2, 0) is 9.84 Å². The molecule has 20 heavy (non-hydrogen) atoms. The van der Waals surface area contributed by atoms with Gasteiger partial charge < -0.3 is 0 Å². The van der Waals surface area contributed by atoms with Crippen molar-refractivity contribution < 1.29 is 30.4 Å². The van der Waals surface area contributed by atoms with E-state index in [0.717, 1.165) is 12.5 Å². The van der Waals surface area contributed by atoms with Crippen molar-refractivity contribution in [2.24, 2.45) is 0 Å². The molecule has 0 N–H and O–H groups in total. The van der Waals surface area contributed by atoms with E-state index in [0.29, 0.717) is 18.2 Å². The van der Waals surface area contributed by atoms with E-state index in [1.165, 1.54) is 0 Å². The summed E-state index contributed by atoms with van der Waals surface area (Å²) in [4.78, 5) is -1.83. The third-order valence-corrected chi connectivity index (χ3v) is 3.93. The predicted octanol–water partition coefficient (Wildman–Crippen LogP) is 3.86. The van der Waals surface area contributed by atoms with Gasteiger partial charge in [0, 0.05) is 5.41 Å². The van der Waals surface area contributed by atoms with E-state index in [1.807, 2.05) is 6.92 Å². The average molecular weight is 314 g/mol. The fourth-order valence-electron chi connectivity index (χ4n) is 1.42. The molecular formula is C12H11F5O2S. The number of rotatable bonds is 5. The van der Waals surface area contributed by atoms with Gasteiger partial charge in [0.2, 0.25) is 15.7 Å². The van der Waals surface area contributed by atoms with E-state index in [2.05, 4.69) is 0 Å². The molecule has 0 aliphatic rings. The van der Waals surface area contributed by atoms with Crippen molar-refractivity contribution in [1.82, 2.24) is 0 Å². The standard InChI is InChI=1S/C12H11F5O2S/c1-2-3-4-5-6-20(18,19)12-10(16)8(14)7(13)9(15)11(12)17/h5-6H,2-4H2,1H3/b6-5+. The minimum Gasteiger partial charge on any atom is -0.219 e. The molecule has 1 rings (SSSR count). The summed E-state index contributed by atoms with van der Waals surface area (Å²) in [7, 11) is -4.74. The first-order chi connectivity index (χ1) is 9.24. The Kier molecular flexibility index (Phi) is 5.27. The van der Waals surface area contributed by atoms with E-state index in [-0.39, 0.29) is 0 Å². The molecule has 0 heterocycles. The quantitative estimate of drug-likeness (QED) is 0.272. The molecule has 0 spiro atoms. The molecule has 1 aromatic carbocycles. The summed E-state index contributed by atoms with van der Waals surface area (Å²) in [5, 5.41) is 0.445. The molecule has 0 saturated heterocycles. The van der Waals surface area contributed by atoms with Crippen molar-refractivity contribution in [3.63, 3.8) is 0 Å². The van der Waals surface area contributed by atoms with Gasteiger partial charge in [-0.1, -0.05) is 25.8 Å². The Bertz CT molecular complexity index is 609. The van der Waals surface area contributed by atoms with Crippen LogP contribution in [0.5, 0.6) is 0 Å². The van der Waals surface area contributed by atoms with Crippen LogP contribution in [-0.4, -0.2) is 8.42 Å². The van der Waals surface area contributed by atoms with Crippen molar-refractivity contribution in [1.29, 1.82) is 0 Å². The molecule has 0 unspecified atom stereocenters. The van der Waals surface area contributed by atoms with Crippen LogP contribution in [0.2, 0.25) is 0 Å². The summed E-state index contributed by atoms with van der Waals surface area (Å²) in [6, 6.07) is 0. The highest BCUT2D eigenvalue weighted by molar-refractivity contribution is 7.94. The van der Waals surface area contributed by atoms with Crippen molar-refractivity contribution in [2.75, 3.05) is 0 Å². The lowest BCUT2D eigenvalue weighted by Crippen LogP contribution is -2.11. The third-order valence-electron chi connectivity index (χ3n) is 2.45. The van der Waals surface area contributed by atoms with Crippen LogP contribution in [0.4, 0.5) is 22.0 Å². The molecule has 0 aliphatic carbocycles. The minimum absolute atomic E-state index is 0.311. The largest absolute Gasteiger partial charge is 0.219 e. The molecule has 0 atom stereocenters. The number of sulfone groups is 1. The Hall–Kier alpha value is -1.44. The number of unbranched alkanes of at least 4 members (excludes halogenated alkanes) is 2. The predicted molar refractivity (Wildman–Crippen MR) is 62.1 cm³/mol. The molecule has 8 heteroatoms. The van der Waals surface area contributed by atoms with Crippen molar-refractivity contribution in [3.8, 4) is 0 Å². The second-order valence-corrected chi connectivity index (χ2v) is 5.73. The van der Waals surface area contributed by atoms with Crippen LogP contribution in [0, 0.1) is 29.1 Å². The van der Waals surface area contributed by atoms with E-state index in [9.17, 15) is 30.4 Å². The molecule has 0 amide bonds. The Labute approximate surface area is 112 Å². The van der Waals surface area contributed by atoms with Crippen LogP contribution < -0.4 is 0 Å². The van der Waals surface area contributed by atoms with Crippen LogP contribution >= 0.6 is 0 Å². The first-order valence-electron chi connectivity index (χ1n) is 5.67. The number of halogens is 5. The number of hydrogen-bond acceptors (Lipinski definition) is 2. The smallest absolute Gasteiger partial charge is 0.205 e. The average Bonchev–Trinajstić information content (AvgIpc) is 2.39. The molecule has 2 nitrogen and oxygen atoms in total. The first kappa shape index (κ1) is 16.6. The maximum Gasteiger partial charge on any atom is 0.205 e. The van der Waals surface area contributed by atoms with E-state index >= 15 is 0 Å². The zero-order chi connectivity index (χ0) is 15.5. The Balaban J connectivity index is 3.36. The highest BCUT2D eigenvalue weighted by Gasteiger charge is 2.32. The van der Waals surface area contributed by atoms with Crippen molar-refractivity contribution in [2.45, 2.75) is 31.1 Å². The minimum atomic E-state index is -4.74. The summed E-state index contributed by atoms with van der Waals surface area (Å²) in [5.41, 5.74) is 0. The van der Waals surface area contributed by atoms with Gasteiger partial charge >= 0.3 is 0 Å². The lowest BCUT2D eigenvalue weighted by atomic mass is 10.2. The molecule has 0 radical (unpaired) electrons.